The topological polar surface area (TPSA) is 49.3 Å². The maximum Gasteiger partial charge on any atom is 0.211 e. The molecule has 0 aromatic heterocycles. The van der Waals surface area contributed by atoms with E-state index in [2.05, 4.69) is 5.32 Å². The van der Waals surface area contributed by atoms with Crippen molar-refractivity contribution in [3.63, 3.8) is 0 Å². The van der Waals surface area contributed by atoms with Crippen LogP contribution in [0.25, 0.3) is 0 Å². The summed E-state index contributed by atoms with van der Waals surface area (Å²) in [5.41, 5.74) is 0.448. The molecule has 70 valence electrons. The first-order valence-electron chi connectivity index (χ1n) is 3.46. The summed E-state index contributed by atoms with van der Waals surface area (Å²) in [5, 5.41) is 12.3. The first-order chi connectivity index (χ1) is 6.20. The van der Waals surface area contributed by atoms with Crippen molar-refractivity contribution < 1.29 is 9.90 Å². The molecule has 0 fully saturated rings. The van der Waals surface area contributed by atoms with Crippen LogP contribution in [-0.4, -0.2) is 17.8 Å². The van der Waals surface area contributed by atoms with E-state index in [0.717, 1.165) is 0 Å². The average Bonchev–Trinajstić information content (AvgIpc) is 2.12. The molecular weight excluding hydrogens is 210 g/mol. The molecule has 0 radical (unpaired) electrons. The van der Waals surface area contributed by atoms with E-state index in [0.29, 0.717) is 22.0 Å². The predicted octanol–water partition coefficient (Wildman–Crippen LogP) is 2.34. The highest BCUT2D eigenvalue weighted by molar-refractivity contribution is 7.98. The normalized spacial score (nSPS) is 9.69. The Labute approximate surface area is 85.1 Å². The van der Waals surface area contributed by atoms with E-state index in [-0.39, 0.29) is 5.75 Å². The van der Waals surface area contributed by atoms with Crippen molar-refractivity contribution >= 4 is 35.5 Å². The molecule has 0 saturated carbocycles. The predicted molar refractivity (Wildman–Crippen MR) is 54.6 cm³/mol. The lowest BCUT2D eigenvalue weighted by Gasteiger charge is -2.09. The number of amides is 1. The van der Waals surface area contributed by atoms with Gasteiger partial charge in [-0.1, -0.05) is 11.6 Å². The molecule has 2 N–H and O–H groups in total. The molecule has 0 spiro atoms. The molecule has 1 amide bonds. The van der Waals surface area contributed by atoms with E-state index in [1.165, 1.54) is 23.9 Å². The van der Waals surface area contributed by atoms with Crippen molar-refractivity contribution in [1.29, 1.82) is 0 Å². The van der Waals surface area contributed by atoms with Crippen LogP contribution in [0, 0.1) is 0 Å². The fraction of sp³-hybridized carbons (Fsp3) is 0.125. The number of halogens is 1. The lowest BCUT2D eigenvalue weighted by atomic mass is 10.3. The monoisotopic (exact) mass is 217 g/mol. The number of aromatic hydroxyl groups is 1. The van der Waals surface area contributed by atoms with Gasteiger partial charge in [0.2, 0.25) is 6.41 Å². The number of phenols is 1. The summed E-state index contributed by atoms with van der Waals surface area (Å²) in [7, 11) is 0. The summed E-state index contributed by atoms with van der Waals surface area (Å²) in [5.74, 6) is 0.112. The number of hydrogen-bond acceptors (Lipinski definition) is 3. The van der Waals surface area contributed by atoms with Crippen LogP contribution in [0.2, 0.25) is 5.02 Å². The standard InChI is InChI=1S/C8H8ClNO2S/c1-13-8-6(12)3-2-5(9)7(8)10-4-11/h2-4,12H,1H3,(H,10,11). The van der Waals surface area contributed by atoms with Gasteiger partial charge in [-0.15, -0.1) is 11.8 Å². The zero-order valence-corrected chi connectivity index (χ0v) is 8.45. The fourth-order valence-electron chi connectivity index (χ4n) is 0.948. The van der Waals surface area contributed by atoms with E-state index in [4.69, 9.17) is 11.6 Å². The van der Waals surface area contributed by atoms with Crippen LogP contribution in [0.4, 0.5) is 5.69 Å². The third kappa shape index (κ3) is 2.08. The first-order valence-corrected chi connectivity index (χ1v) is 5.06. The zero-order chi connectivity index (χ0) is 9.84. The smallest absolute Gasteiger partial charge is 0.211 e. The molecule has 0 heterocycles. The maximum atomic E-state index is 10.2. The Bertz CT molecular complexity index is 330. The second-order valence-electron chi connectivity index (χ2n) is 2.24. The molecular formula is C8H8ClNO2S. The Morgan fingerprint density at radius 1 is 1.62 bits per heavy atom. The first kappa shape index (κ1) is 10.2. The molecule has 0 aliphatic rings. The molecule has 1 aromatic rings. The molecule has 0 atom stereocenters. The number of hydrogen-bond donors (Lipinski definition) is 2. The van der Waals surface area contributed by atoms with Crippen molar-refractivity contribution in [2.75, 3.05) is 11.6 Å². The van der Waals surface area contributed by atoms with Crippen LogP contribution >= 0.6 is 23.4 Å². The van der Waals surface area contributed by atoms with Gasteiger partial charge in [0.25, 0.3) is 0 Å². The van der Waals surface area contributed by atoms with E-state index >= 15 is 0 Å². The third-order valence-electron chi connectivity index (χ3n) is 1.49. The molecule has 0 unspecified atom stereocenters. The molecule has 0 saturated heterocycles. The number of anilines is 1. The van der Waals surface area contributed by atoms with Gasteiger partial charge >= 0.3 is 0 Å². The summed E-state index contributed by atoms with van der Waals surface area (Å²) < 4.78 is 0. The van der Waals surface area contributed by atoms with Crippen LogP contribution in [0.3, 0.4) is 0 Å². The Balaban J connectivity index is 3.25. The van der Waals surface area contributed by atoms with Crippen molar-refractivity contribution in [2.45, 2.75) is 4.90 Å². The van der Waals surface area contributed by atoms with Gasteiger partial charge in [-0.05, 0) is 18.4 Å². The van der Waals surface area contributed by atoms with Gasteiger partial charge in [0.1, 0.15) is 5.75 Å². The second kappa shape index (κ2) is 4.39. The summed E-state index contributed by atoms with van der Waals surface area (Å²) in [6, 6.07) is 3.02. The Morgan fingerprint density at radius 2 is 2.31 bits per heavy atom. The van der Waals surface area contributed by atoms with Crippen molar-refractivity contribution in [2.24, 2.45) is 0 Å². The summed E-state index contributed by atoms with van der Waals surface area (Å²) in [6.07, 6.45) is 2.32. The average molecular weight is 218 g/mol. The molecule has 1 aromatic carbocycles. The number of thioether (sulfide) groups is 1. The number of rotatable bonds is 3. The summed E-state index contributed by atoms with van der Waals surface area (Å²) in [6.45, 7) is 0. The van der Waals surface area contributed by atoms with Gasteiger partial charge in [-0.25, -0.2) is 0 Å². The van der Waals surface area contributed by atoms with E-state index in [1.807, 2.05) is 0 Å². The largest absolute Gasteiger partial charge is 0.507 e. The van der Waals surface area contributed by atoms with E-state index in [1.54, 1.807) is 6.26 Å². The fourth-order valence-corrected chi connectivity index (χ4v) is 1.87. The number of nitrogens with one attached hydrogen (secondary N) is 1. The third-order valence-corrected chi connectivity index (χ3v) is 2.63. The van der Waals surface area contributed by atoms with Crippen molar-refractivity contribution in [3.8, 4) is 5.75 Å². The highest BCUT2D eigenvalue weighted by Gasteiger charge is 2.10. The molecule has 1 rings (SSSR count). The molecule has 0 aliphatic heterocycles. The number of carbonyl (C=O) groups excluding carboxylic acids is 1. The number of phenolic OH excluding ortho intramolecular Hbond substituents is 1. The highest BCUT2D eigenvalue weighted by atomic mass is 35.5. The van der Waals surface area contributed by atoms with Gasteiger partial charge in [0.15, 0.2) is 0 Å². The minimum absolute atomic E-state index is 0.112. The second-order valence-corrected chi connectivity index (χ2v) is 3.46. The minimum atomic E-state index is 0.112. The van der Waals surface area contributed by atoms with E-state index in [9.17, 15) is 9.90 Å². The van der Waals surface area contributed by atoms with Gasteiger partial charge in [-0.3, -0.25) is 4.79 Å². The Kier molecular flexibility index (Phi) is 3.45. The van der Waals surface area contributed by atoms with Crippen LogP contribution in [0.15, 0.2) is 17.0 Å². The lowest BCUT2D eigenvalue weighted by molar-refractivity contribution is -0.105. The van der Waals surface area contributed by atoms with Gasteiger partial charge in [0.05, 0.1) is 15.6 Å². The van der Waals surface area contributed by atoms with Crippen LogP contribution in [0.5, 0.6) is 5.75 Å². The maximum absolute atomic E-state index is 10.2. The SMILES string of the molecule is CSc1c(O)ccc(Cl)c1NC=O. The zero-order valence-electron chi connectivity index (χ0n) is 6.87. The van der Waals surface area contributed by atoms with Gasteiger partial charge in [-0.2, -0.15) is 0 Å². The van der Waals surface area contributed by atoms with E-state index < -0.39 is 0 Å². The number of carbonyl (C=O) groups is 1. The van der Waals surface area contributed by atoms with Crippen LogP contribution in [-0.2, 0) is 4.79 Å². The summed E-state index contributed by atoms with van der Waals surface area (Å²) >= 11 is 7.13. The molecule has 0 aliphatic carbocycles. The van der Waals surface area contributed by atoms with Crippen LogP contribution < -0.4 is 5.32 Å². The molecule has 3 nitrogen and oxygen atoms in total. The molecule has 13 heavy (non-hydrogen) atoms. The van der Waals surface area contributed by atoms with Gasteiger partial charge < -0.3 is 10.4 Å². The highest BCUT2D eigenvalue weighted by Crippen LogP contribution is 2.38. The summed E-state index contributed by atoms with van der Waals surface area (Å²) in [4.78, 5) is 10.8. The van der Waals surface area contributed by atoms with Crippen LogP contribution in [0.1, 0.15) is 0 Å². The molecule has 0 bridgehead atoms. The Morgan fingerprint density at radius 3 is 2.85 bits per heavy atom. The quantitative estimate of drug-likeness (QED) is 0.604. The number of benzene rings is 1. The van der Waals surface area contributed by atoms with Gasteiger partial charge in [0, 0.05) is 0 Å². The lowest BCUT2D eigenvalue weighted by Crippen LogP contribution is -1.96. The Hall–Kier alpha value is -0.870. The van der Waals surface area contributed by atoms with Crippen molar-refractivity contribution in [3.05, 3.63) is 17.2 Å². The molecule has 5 heteroatoms. The minimum Gasteiger partial charge on any atom is -0.507 e. The van der Waals surface area contributed by atoms with Crippen molar-refractivity contribution in [1.82, 2.24) is 0 Å².